The molecule has 0 fully saturated rings. The molecule has 0 heterocycles. The molecule has 2 heteroatoms. The van der Waals surface area contributed by atoms with Gasteiger partial charge in [0.1, 0.15) is 5.75 Å². The van der Waals surface area contributed by atoms with Gasteiger partial charge in [-0.15, -0.1) is 6.58 Å². The highest BCUT2D eigenvalue weighted by Gasteiger charge is 2.24. The first-order valence-corrected chi connectivity index (χ1v) is 4.75. The second-order valence-electron chi connectivity index (χ2n) is 3.42. The van der Waals surface area contributed by atoms with Crippen LogP contribution in [0.25, 0.3) is 0 Å². The fraction of sp³-hybridized carbons (Fsp3) is 0.333. The van der Waals surface area contributed by atoms with Crippen molar-refractivity contribution in [1.82, 2.24) is 0 Å². The first-order chi connectivity index (χ1) is 6.62. The lowest BCUT2D eigenvalue weighted by atomic mass is 9.88. The van der Waals surface area contributed by atoms with Gasteiger partial charge in [0, 0.05) is 0 Å². The Bertz CT molecular complexity index is 303. The molecule has 76 valence electrons. The minimum absolute atomic E-state index is 0.214. The van der Waals surface area contributed by atoms with Crippen LogP contribution in [0.5, 0.6) is 5.75 Å². The van der Waals surface area contributed by atoms with E-state index in [4.69, 9.17) is 5.11 Å². The number of hydrogen-bond donors (Lipinski definition) is 2. The van der Waals surface area contributed by atoms with Crippen LogP contribution in [-0.2, 0) is 5.60 Å². The van der Waals surface area contributed by atoms with Crippen molar-refractivity contribution in [2.75, 3.05) is 0 Å². The van der Waals surface area contributed by atoms with Crippen molar-refractivity contribution in [3.63, 3.8) is 0 Å². The van der Waals surface area contributed by atoms with E-state index < -0.39 is 5.60 Å². The van der Waals surface area contributed by atoms with Gasteiger partial charge in [0.25, 0.3) is 0 Å². The average molecular weight is 192 g/mol. The Labute approximate surface area is 84.5 Å². The van der Waals surface area contributed by atoms with Crippen molar-refractivity contribution in [2.24, 2.45) is 0 Å². The van der Waals surface area contributed by atoms with Gasteiger partial charge < -0.3 is 10.2 Å². The molecule has 2 nitrogen and oxygen atoms in total. The zero-order chi connectivity index (χ0) is 10.6. The third-order valence-corrected chi connectivity index (χ3v) is 2.47. The summed E-state index contributed by atoms with van der Waals surface area (Å²) in [5.41, 5.74) is -0.0344. The van der Waals surface area contributed by atoms with Crippen LogP contribution in [0.4, 0.5) is 0 Å². The van der Waals surface area contributed by atoms with Crippen molar-refractivity contribution >= 4 is 0 Å². The lowest BCUT2D eigenvalue weighted by molar-refractivity contribution is 0.0356. The second-order valence-corrected chi connectivity index (χ2v) is 3.42. The SMILES string of the molecule is C=CCC(O)(CC)c1ccc(O)cc1. The van der Waals surface area contributed by atoms with E-state index in [-0.39, 0.29) is 5.75 Å². The van der Waals surface area contributed by atoms with Crippen molar-refractivity contribution in [1.29, 1.82) is 0 Å². The number of phenols is 1. The maximum atomic E-state index is 10.2. The molecular weight excluding hydrogens is 176 g/mol. The topological polar surface area (TPSA) is 40.5 Å². The zero-order valence-corrected chi connectivity index (χ0v) is 8.40. The van der Waals surface area contributed by atoms with Gasteiger partial charge in [-0.3, -0.25) is 0 Å². The number of benzene rings is 1. The average Bonchev–Trinajstić information content (AvgIpc) is 2.19. The summed E-state index contributed by atoms with van der Waals surface area (Å²) in [6.07, 6.45) is 2.86. The molecule has 0 aliphatic rings. The minimum Gasteiger partial charge on any atom is -0.508 e. The Hall–Kier alpha value is -1.28. The normalized spacial score (nSPS) is 14.7. The number of phenolic OH excluding ortho intramolecular Hbond substituents is 1. The van der Waals surface area contributed by atoms with E-state index in [2.05, 4.69) is 6.58 Å². The Morgan fingerprint density at radius 3 is 2.36 bits per heavy atom. The highest BCUT2D eigenvalue weighted by Crippen LogP contribution is 2.29. The number of rotatable bonds is 4. The molecule has 0 spiro atoms. The van der Waals surface area contributed by atoms with E-state index in [0.29, 0.717) is 12.8 Å². The molecule has 1 aromatic rings. The molecule has 0 aliphatic heterocycles. The van der Waals surface area contributed by atoms with E-state index in [9.17, 15) is 5.11 Å². The summed E-state index contributed by atoms with van der Waals surface area (Å²) in [5, 5.41) is 19.4. The van der Waals surface area contributed by atoms with Gasteiger partial charge in [-0.1, -0.05) is 25.1 Å². The third kappa shape index (κ3) is 2.15. The zero-order valence-electron chi connectivity index (χ0n) is 8.40. The van der Waals surface area contributed by atoms with Gasteiger partial charge in [0.15, 0.2) is 0 Å². The molecule has 0 aromatic heterocycles. The molecule has 0 saturated carbocycles. The maximum Gasteiger partial charge on any atom is 0.115 e. The van der Waals surface area contributed by atoms with Crippen LogP contribution in [0.3, 0.4) is 0 Å². The molecule has 0 saturated heterocycles. The highest BCUT2D eigenvalue weighted by molar-refractivity contribution is 5.30. The number of hydrogen-bond acceptors (Lipinski definition) is 2. The van der Waals surface area contributed by atoms with E-state index in [0.717, 1.165) is 5.56 Å². The summed E-state index contributed by atoms with van der Waals surface area (Å²) in [4.78, 5) is 0. The van der Waals surface area contributed by atoms with Crippen LogP contribution in [0, 0.1) is 0 Å². The Kier molecular flexibility index (Phi) is 3.31. The number of aliphatic hydroxyl groups is 1. The quantitative estimate of drug-likeness (QED) is 0.720. The van der Waals surface area contributed by atoms with Gasteiger partial charge in [-0.2, -0.15) is 0 Å². The van der Waals surface area contributed by atoms with Gasteiger partial charge in [0.2, 0.25) is 0 Å². The van der Waals surface area contributed by atoms with Gasteiger partial charge >= 0.3 is 0 Å². The fourth-order valence-corrected chi connectivity index (χ4v) is 1.48. The summed E-state index contributed by atoms with van der Waals surface area (Å²) in [7, 11) is 0. The van der Waals surface area contributed by atoms with Gasteiger partial charge in [0.05, 0.1) is 5.60 Å². The van der Waals surface area contributed by atoms with Crippen LogP contribution in [0.1, 0.15) is 25.3 Å². The predicted molar refractivity (Wildman–Crippen MR) is 57.1 cm³/mol. The summed E-state index contributed by atoms with van der Waals surface area (Å²) in [5.74, 6) is 0.214. The minimum atomic E-state index is -0.852. The lowest BCUT2D eigenvalue weighted by Crippen LogP contribution is -2.23. The molecule has 1 rings (SSSR count). The van der Waals surface area contributed by atoms with Crippen molar-refractivity contribution in [2.45, 2.75) is 25.4 Å². The standard InChI is InChI=1S/C12H16O2/c1-3-9-12(14,4-2)10-5-7-11(13)8-6-10/h3,5-8,13-14H,1,4,9H2,2H3. The molecule has 1 unspecified atom stereocenters. The van der Waals surface area contributed by atoms with Crippen LogP contribution in [0.2, 0.25) is 0 Å². The van der Waals surface area contributed by atoms with Crippen LogP contribution >= 0.6 is 0 Å². The van der Waals surface area contributed by atoms with Gasteiger partial charge in [-0.05, 0) is 30.5 Å². The van der Waals surface area contributed by atoms with Crippen molar-refractivity contribution in [3.8, 4) is 5.75 Å². The highest BCUT2D eigenvalue weighted by atomic mass is 16.3. The van der Waals surface area contributed by atoms with E-state index in [1.807, 2.05) is 6.92 Å². The monoisotopic (exact) mass is 192 g/mol. The molecule has 1 atom stereocenters. The van der Waals surface area contributed by atoms with Crippen LogP contribution < -0.4 is 0 Å². The molecule has 0 bridgehead atoms. The fourth-order valence-electron chi connectivity index (χ4n) is 1.48. The summed E-state index contributed by atoms with van der Waals surface area (Å²) in [6.45, 7) is 5.55. The molecule has 0 radical (unpaired) electrons. The van der Waals surface area contributed by atoms with Gasteiger partial charge in [-0.25, -0.2) is 0 Å². The van der Waals surface area contributed by atoms with Crippen LogP contribution in [0.15, 0.2) is 36.9 Å². The first-order valence-electron chi connectivity index (χ1n) is 4.75. The Balaban J connectivity index is 2.99. The summed E-state index contributed by atoms with van der Waals surface area (Å²) < 4.78 is 0. The molecular formula is C12H16O2. The molecule has 1 aromatic carbocycles. The van der Waals surface area contributed by atoms with Crippen LogP contribution in [-0.4, -0.2) is 10.2 Å². The van der Waals surface area contributed by atoms with E-state index in [1.54, 1.807) is 30.3 Å². The summed E-state index contributed by atoms with van der Waals surface area (Å²) >= 11 is 0. The largest absolute Gasteiger partial charge is 0.508 e. The number of aromatic hydroxyl groups is 1. The molecule has 0 aliphatic carbocycles. The maximum absolute atomic E-state index is 10.2. The predicted octanol–water partition coefficient (Wildman–Crippen LogP) is 2.57. The molecule has 0 amide bonds. The summed E-state index contributed by atoms with van der Waals surface area (Å²) in [6, 6.07) is 6.64. The van der Waals surface area contributed by atoms with E-state index >= 15 is 0 Å². The first kappa shape index (κ1) is 10.8. The Morgan fingerprint density at radius 1 is 1.36 bits per heavy atom. The third-order valence-electron chi connectivity index (χ3n) is 2.47. The lowest BCUT2D eigenvalue weighted by Gasteiger charge is -2.25. The smallest absolute Gasteiger partial charge is 0.115 e. The molecule has 14 heavy (non-hydrogen) atoms. The molecule has 2 N–H and O–H groups in total. The second kappa shape index (κ2) is 4.29. The van der Waals surface area contributed by atoms with Crippen molar-refractivity contribution in [3.05, 3.63) is 42.5 Å². The van der Waals surface area contributed by atoms with E-state index in [1.165, 1.54) is 0 Å². The van der Waals surface area contributed by atoms with Crippen molar-refractivity contribution < 1.29 is 10.2 Å². The Morgan fingerprint density at radius 2 is 1.93 bits per heavy atom.